The highest BCUT2D eigenvalue weighted by atomic mass is 16.4. The highest BCUT2D eigenvalue weighted by molar-refractivity contribution is 7.00. The van der Waals surface area contributed by atoms with Crippen LogP contribution in [0.25, 0.3) is 22.3 Å². The van der Waals surface area contributed by atoms with Crippen LogP contribution in [-0.2, 0) is 16.2 Å². The third-order valence-corrected chi connectivity index (χ3v) is 15.9. The van der Waals surface area contributed by atoms with Gasteiger partial charge >= 0.3 is 0 Å². The molecule has 0 radical (unpaired) electrons. The zero-order valence-corrected chi connectivity index (χ0v) is 43.8. The summed E-state index contributed by atoms with van der Waals surface area (Å²) in [4.78, 5) is 6.46. The average Bonchev–Trinajstić information content (AvgIpc) is 3.68. The fraction of sp³-hybridized carbons (Fsp3) is 0.182. The minimum absolute atomic E-state index is 0.0256. The highest BCUT2D eigenvalue weighted by Crippen LogP contribution is 2.60. The Kier molecular flexibility index (Phi) is 10.6. The van der Waals surface area contributed by atoms with Gasteiger partial charge in [0.05, 0.1) is 5.69 Å². The van der Waals surface area contributed by atoms with Crippen molar-refractivity contribution >= 4 is 74.3 Å². The SMILES string of the molecule is Cc1cc2c3c(c1)N(c1ccc4c(c1)C(C)(C)c1ccccc1-4)c1cc(N(c4ccccc4-c4ccccc4)c4c(O)c(O)c(O)c(O)c4O)ccc1B3c1cc(C(C)(C)C)ccc1N2c1ccc(C(C)(C)C)cc1. The molecule has 3 aliphatic rings. The first kappa shape index (κ1) is 47.4. The van der Waals surface area contributed by atoms with Crippen LogP contribution >= 0.6 is 0 Å². The summed E-state index contributed by atoms with van der Waals surface area (Å²) in [5, 5.41) is 57.1. The summed E-state index contributed by atoms with van der Waals surface area (Å²) in [7, 11) is 0. The van der Waals surface area contributed by atoms with E-state index in [0.29, 0.717) is 11.4 Å². The lowest BCUT2D eigenvalue weighted by molar-refractivity contribution is 0.329. The average molecular weight is 986 g/mol. The summed E-state index contributed by atoms with van der Waals surface area (Å²) in [6.45, 7) is 20.0. The maximum absolute atomic E-state index is 11.9. The second kappa shape index (κ2) is 16.7. The Balaban J connectivity index is 1.18. The molecule has 1 aliphatic carbocycles. The predicted octanol–water partition coefficient (Wildman–Crippen LogP) is 14.6. The molecule has 2 heterocycles. The molecule has 9 aromatic rings. The van der Waals surface area contributed by atoms with Crippen LogP contribution in [0, 0.1) is 6.92 Å². The lowest BCUT2D eigenvalue weighted by Crippen LogP contribution is -2.61. The fourth-order valence-electron chi connectivity index (χ4n) is 12.0. The van der Waals surface area contributed by atoms with Crippen molar-refractivity contribution < 1.29 is 25.5 Å². The maximum Gasteiger partial charge on any atom is 0.252 e. The number of anilines is 9. The van der Waals surface area contributed by atoms with E-state index < -0.39 is 28.7 Å². The molecule has 0 spiro atoms. The molecule has 75 heavy (non-hydrogen) atoms. The zero-order valence-electron chi connectivity index (χ0n) is 43.8. The molecule has 12 rings (SSSR count). The Morgan fingerprint density at radius 1 is 0.453 bits per heavy atom. The van der Waals surface area contributed by atoms with Gasteiger partial charge in [0.25, 0.3) is 6.71 Å². The minimum Gasteiger partial charge on any atom is -0.503 e. The zero-order chi connectivity index (χ0) is 52.6. The number of hydrogen-bond acceptors (Lipinski definition) is 8. The van der Waals surface area contributed by atoms with E-state index in [2.05, 4.69) is 181 Å². The number of para-hydroxylation sites is 1. The first-order chi connectivity index (χ1) is 35.7. The van der Waals surface area contributed by atoms with Gasteiger partial charge in [-0.05, 0) is 139 Å². The van der Waals surface area contributed by atoms with E-state index in [1.807, 2.05) is 60.7 Å². The van der Waals surface area contributed by atoms with Gasteiger partial charge in [-0.15, -0.1) is 0 Å². The molecule has 0 unspecified atom stereocenters. The first-order valence-corrected chi connectivity index (χ1v) is 25.8. The summed E-state index contributed by atoms with van der Waals surface area (Å²) in [6.07, 6.45) is 0. The van der Waals surface area contributed by atoms with Crippen molar-refractivity contribution in [2.75, 3.05) is 14.7 Å². The number of phenolic OH excluding ortho intramolecular Hbond substituents is 5. The number of rotatable bonds is 6. The molecule has 0 amide bonds. The van der Waals surface area contributed by atoms with Crippen molar-refractivity contribution in [3.05, 3.63) is 198 Å². The summed E-state index contributed by atoms with van der Waals surface area (Å²) in [5.41, 5.74) is 19.7. The monoisotopic (exact) mass is 985 g/mol. The molecule has 2 aliphatic heterocycles. The molecule has 0 bridgehead atoms. The number of hydrogen-bond donors (Lipinski definition) is 5. The molecule has 372 valence electrons. The maximum atomic E-state index is 11.9. The van der Waals surface area contributed by atoms with Gasteiger partial charge in [0, 0.05) is 50.8 Å². The van der Waals surface area contributed by atoms with Crippen LogP contribution in [0.2, 0.25) is 0 Å². The van der Waals surface area contributed by atoms with Crippen molar-refractivity contribution in [3.63, 3.8) is 0 Å². The summed E-state index contributed by atoms with van der Waals surface area (Å²) >= 11 is 0. The van der Waals surface area contributed by atoms with Gasteiger partial charge in [-0.3, -0.25) is 0 Å². The van der Waals surface area contributed by atoms with Gasteiger partial charge in [-0.2, -0.15) is 0 Å². The van der Waals surface area contributed by atoms with Crippen molar-refractivity contribution in [1.82, 2.24) is 0 Å². The molecule has 0 saturated carbocycles. The van der Waals surface area contributed by atoms with Crippen LogP contribution in [0.3, 0.4) is 0 Å². The number of aromatic hydroxyl groups is 5. The van der Waals surface area contributed by atoms with Crippen molar-refractivity contribution in [2.45, 2.75) is 78.6 Å². The van der Waals surface area contributed by atoms with Gasteiger partial charge in [0.1, 0.15) is 5.69 Å². The van der Waals surface area contributed by atoms with Crippen LogP contribution in [0.15, 0.2) is 170 Å². The standard InChI is InChI=1S/C66H60BN3O5/c1-38-33-55-57-56(34-38)69(43-28-30-47-46-20-13-15-21-48(46)66(8,9)49(47)36-43)54-37-44(70(58-59(71)61(73)63(75)62(74)60(58)72)52-22-16-14-19-45(52)39-17-11-10-12-18-39)29-31-50(54)67(57)51-35-41(65(5,6)7)25-32-53(51)68(55)42-26-23-40(24-27-42)64(2,3)4/h10-37,71-75H,1-9H3. The van der Waals surface area contributed by atoms with Crippen molar-refractivity contribution in [2.24, 2.45) is 0 Å². The molecule has 5 N–H and O–H groups in total. The molecule has 0 saturated heterocycles. The molecule has 0 fully saturated rings. The number of fused-ring (bicyclic) bond motifs is 7. The van der Waals surface area contributed by atoms with Crippen molar-refractivity contribution in [3.8, 4) is 51.0 Å². The molecule has 9 heteroatoms. The first-order valence-electron chi connectivity index (χ1n) is 25.8. The molecule has 0 aromatic heterocycles. The van der Waals surface area contributed by atoms with Crippen LogP contribution in [0.5, 0.6) is 28.7 Å². The Bertz CT molecular complexity index is 3790. The van der Waals surface area contributed by atoms with Gasteiger partial charge in [0.2, 0.25) is 17.2 Å². The lowest BCUT2D eigenvalue weighted by atomic mass is 9.33. The topological polar surface area (TPSA) is 111 Å². The number of benzene rings is 9. The lowest BCUT2D eigenvalue weighted by Gasteiger charge is -2.45. The second-order valence-electron chi connectivity index (χ2n) is 23.1. The second-order valence-corrected chi connectivity index (χ2v) is 23.1. The fourth-order valence-corrected chi connectivity index (χ4v) is 12.0. The van der Waals surface area contributed by atoms with E-state index in [1.165, 1.54) is 33.4 Å². The van der Waals surface area contributed by atoms with Gasteiger partial charge in [-0.25, -0.2) is 0 Å². The molecular weight excluding hydrogens is 926 g/mol. The minimum atomic E-state index is -1.03. The largest absolute Gasteiger partial charge is 0.503 e. The Hall–Kier alpha value is -8.56. The number of phenols is 5. The molecule has 9 aromatic carbocycles. The number of nitrogens with zero attached hydrogens (tertiary/aromatic N) is 3. The summed E-state index contributed by atoms with van der Waals surface area (Å²) < 4.78 is 0. The van der Waals surface area contributed by atoms with Crippen LogP contribution in [0.1, 0.15) is 83.2 Å². The van der Waals surface area contributed by atoms with E-state index in [0.717, 1.165) is 67.2 Å². The Morgan fingerprint density at radius 3 is 1.68 bits per heavy atom. The highest BCUT2D eigenvalue weighted by Gasteiger charge is 2.45. The van der Waals surface area contributed by atoms with Crippen LogP contribution in [-0.4, -0.2) is 32.2 Å². The van der Waals surface area contributed by atoms with Gasteiger partial charge < -0.3 is 40.2 Å². The van der Waals surface area contributed by atoms with E-state index in [9.17, 15) is 25.5 Å². The quantitative estimate of drug-likeness (QED) is 0.0637. The Labute approximate surface area is 439 Å². The van der Waals surface area contributed by atoms with E-state index in [1.54, 1.807) is 4.90 Å². The molecule has 8 nitrogen and oxygen atoms in total. The third-order valence-electron chi connectivity index (χ3n) is 15.9. The summed E-state index contributed by atoms with van der Waals surface area (Å²) in [6, 6.07) is 59.7. The number of aryl methyl sites for hydroxylation is 1. The van der Waals surface area contributed by atoms with Crippen LogP contribution < -0.4 is 31.1 Å². The van der Waals surface area contributed by atoms with Crippen LogP contribution in [0.4, 0.5) is 51.2 Å². The van der Waals surface area contributed by atoms with E-state index in [-0.39, 0.29) is 28.6 Å². The summed E-state index contributed by atoms with van der Waals surface area (Å²) in [5.74, 6) is -4.58. The van der Waals surface area contributed by atoms with Crippen molar-refractivity contribution in [1.29, 1.82) is 0 Å². The third kappa shape index (κ3) is 7.26. The molecular formula is C66H60BN3O5. The van der Waals surface area contributed by atoms with Gasteiger partial charge in [-0.1, -0.05) is 165 Å². The van der Waals surface area contributed by atoms with E-state index >= 15 is 0 Å². The Morgan fingerprint density at radius 2 is 1.01 bits per heavy atom. The predicted molar refractivity (Wildman–Crippen MR) is 309 cm³/mol. The smallest absolute Gasteiger partial charge is 0.252 e. The molecule has 0 atom stereocenters. The normalized spacial score (nSPS) is 14.0. The van der Waals surface area contributed by atoms with Gasteiger partial charge in [0.15, 0.2) is 11.5 Å². The van der Waals surface area contributed by atoms with E-state index in [4.69, 9.17) is 0 Å².